The third kappa shape index (κ3) is 4.99. The molecule has 18 heavy (non-hydrogen) atoms. The molecule has 0 amide bonds. The van der Waals surface area contributed by atoms with Crippen molar-refractivity contribution in [3.05, 3.63) is 36.6 Å². The Hall–Kier alpha value is -1.84. The second kappa shape index (κ2) is 8.28. The molecule has 0 saturated carbocycles. The van der Waals surface area contributed by atoms with Crippen molar-refractivity contribution in [1.82, 2.24) is 4.90 Å². The molecule has 0 aromatic carbocycles. The molecule has 1 heterocycles. The molecule has 0 fully saturated rings. The van der Waals surface area contributed by atoms with Gasteiger partial charge < -0.3 is 9.64 Å². The average Bonchev–Trinajstić information content (AvgIpc) is 2.83. The van der Waals surface area contributed by atoms with E-state index in [4.69, 9.17) is 0 Å². The number of allylic oxidation sites excluding steroid dienone is 4. The first-order chi connectivity index (χ1) is 8.77. The van der Waals surface area contributed by atoms with Gasteiger partial charge in [0.1, 0.15) is 5.84 Å². The van der Waals surface area contributed by atoms with Gasteiger partial charge in [-0.3, -0.25) is 4.99 Å². The van der Waals surface area contributed by atoms with E-state index in [9.17, 15) is 4.79 Å². The van der Waals surface area contributed by atoms with Crippen LogP contribution >= 0.6 is 0 Å². The summed E-state index contributed by atoms with van der Waals surface area (Å²) >= 11 is 0. The molecule has 4 nitrogen and oxygen atoms in total. The van der Waals surface area contributed by atoms with Crippen LogP contribution in [0, 0.1) is 0 Å². The molecule has 0 N–H and O–H groups in total. The molecule has 0 bridgehead atoms. The van der Waals surface area contributed by atoms with Crippen LogP contribution in [0.5, 0.6) is 0 Å². The van der Waals surface area contributed by atoms with Crippen molar-refractivity contribution in [2.24, 2.45) is 4.99 Å². The van der Waals surface area contributed by atoms with E-state index in [2.05, 4.69) is 15.8 Å². The fraction of sp³-hybridized carbons (Fsp3) is 0.429. The molecular formula is C14H20N2O2. The van der Waals surface area contributed by atoms with Crippen molar-refractivity contribution < 1.29 is 9.53 Å². The number of hydrogen-bond acceptors (Lipinski definition) is 4. The summed E-state index contributed by atoms with van der Waals surface area (Å²) in [5.74, 6) is 0.689. The molecule has 98 valence electrons. The Bertz CT molecular complexity index is 381. The maximum atomic E-state index is 11.0. The highest BCUT2D eigenvalue weighted by Gasteiger charge is 2.13. The number of hydrogen-bond donors (Lipinski definition) is 0. The molecule has 0 aromatic rings. The van der Waals surface area contributed by atoms with Crippen LogP contribution in [0.4, 0.5) is 0 Å². The molecule has 0 aromatic heterocycles. The first-order valence-corrected chi connectivity index (χ1v) is 6.12. The number of methoxy groups -OCH3 is 1. The molecule has 0 unspecified atom stereocenters. The van der Waals surface area contributed by atoms with E-state index in [0.29, 0.717) is 0 Å². The quantitative estimate of drug-likeness (QED) is 0.411. The smallest absolute Gasteiger partial charge is 0.331 e. The number of aliphatic imine (C=N–C) groups is 1. The third-order valence-electron chi connectivity index (χ3n) is 2.53. The molecule has 1 rings (SSSR count). The molecule has 1 aliphatic rings. The zero-order valence-electron chi connectivity index (χ0n) is 11.0. The highest BCUT2D eigenvalue weighted by molar-refractivity contribution is 5.87. The maximum Gasteiger partial charge on any atom is 0.331 e. The Kier molecular flexibility index (Phi) is 6.54. The maximum absolute atomic E-state index is 11.0. The Morgan fingerprint density at radius 2 is 2.33 bits per heavy atom. The van der Waals surface area contributed by atoms with Crippen molar-refractivity contribution in [3.8, 4) is 0 Å². The fourth-order valence-electron chi connectivity index (χ4n) is 1.61. The van der Waals surface area contributed by atoms with Gasteiger partial charge in [-0.05, 0) is 13.3 Å². The lowest BCUT2D eigenvalue weighted by Crippen LogP contribution is -2.21. The average molecular weight is 248 g/mol. The standard InChI is InChI=1S/C14H20N2O2/c1-3-4-5-6-7-8-13-15-10-12-16(13)11-9-14(17)18-2/h3-6,9,11H,7-8,10,12H2,1-2H3/b4-3+,6-5+,11-9+. The van der Waals surface area contributed by atoms with Crippen LogP contribution < -0.4 is 0 Å². The van der Waals surface area contributed by atoms with E-state index in [0.717, 1.165) is 31.8 Å². The fourth-order valence-corrected chi connectivity index (χ4v) is 1.61. The summed E-state index contributed by atoms with van der Waals surface area (Å²) < 4.78 is 4.56. The van der Waals surface area contributed by atoms with E-state index < -0.39 is 0 Å². The SMILES string of the molecule is C/C=C/C=C/CCC1=NCCN1/C=C/C(=O)OC. The molecule has 0 aliphatic carbocycles. The summed E-state index contributed by atoms with van der Waals surface area (Å²) in [4.78, 5) is 17.4. The lowest BCUT2D eigenvalue weighted by molar-refractivity contribution is -0.134. The van der Waals surface area contributed by atoms with Gasteiger partial charge in [0.2, 0.25) is 0 Å². The van der Waals surface area contributed by atoms with Crippen LogP contribution in [0.3, 0.4) is 0 Å². The van der Waals surface area contributed by atoms with Crippen LogP contribution in [0.15, 0.2) is 41.6 Å². The number of carbonyl (C=O) groups is 1. The summed E-state index contributed by atoms with van der Waals surface area (Å²) in [5.41, 5.74) is 0. The van der Waals surface area contributed by atoms with E-state index in [1.54, 1.807) is 6.20 Å². The number of nitrogens with zero attached hydrogens (tertiary/aromatic N) is 2. The Morgan fingerprint density at radius 1 is 1.50 bits per heavy atom. The predicted molar refractivity (Wildman–Crippen MR) is 73.4 cm³/mol. The van der Waals surface area contributed by atoms with Crippen LogP contribution in [0.2, 0.25) is 0 Å². The van der Waals surface area contributed by atoms with Gasteiger partial charge in [-0.2, -0.15) is 0 Å². The molecule has 1 aliphatic heterocycles. The lowest BCUT2D eigenvalue weighted by atomic mass is 10.2. The topological polar surface area (TPSA) is 41.9 Å². The van der Waals surface area contributed by atoms with Crippen LogP contribution in [0.1, 0.15) is 19.8 Å². The molecule has 0 saturated heterocycles. The van der Waals surface area contributed by atoms with Gasteiger partial charge in [0.25, 0.3) is 0 Å². The van der Waals surface area contributed by atoms with E-state index in [1.165, 1.54) is 13.2 Å². The molecular weight excluding hydrogens is 228 g/mol. The molecule has 0 radical (unpaired) electrons. The van der Waals surface area contributed by atoms with Crippen molar-refractivity contribution in [1.29, 1.82) is 0 Å². The number of esters is 1. The highest BCUT2D eigenvalue weighted by atomic mass is 16.5. The second-order valence-electron chi connectivity index (χ2n) is 3.82. The summed E-state index contributed by atoms with van der Waals surface area (Å²) in [5, 5.41) is 0. The summed E-state index contributed by atoms with van der Waals surface area (Å²) in [7, 11) is 1.37. The first-order valence-electron chi connectivity index (χ1n) is 6.12. The zero-order chi connectivity index (χ0) is 13.2. The van der Waals surface area contributed by atoms with E-state index in [1.807, 2.05) is 30.1 Å². The molecule has 0 spiro atoms. The largest absolute Gasteiger partial charge is 0.466 e. The number of amidine groups is 1. The Balaban J connectivity index is 2.40. The van der Waals surface area contributed by atoms with Crippen LogP contribution in [0.25, 0.3) is 0 Å². The van der Waals surface area contributed by atoms with Gasteiger partial charge in [-0.1, -0.05) is 24.3 Å². The van der Waals surface area contributed by atoms with E-state index in [-0.39, 0.29) is 5.97 Å². The molecule has 4 heteroatoms. The van der Waals surface area contributed by atoms with Crippen LogP contribution in [-0.2, 0) is 9.53 Å². The zero-order valence-corrected chi connectivity index (χ0v) is 11.0. The Morgan fingerprint density at radius 3 is 3.06 bits per heavy atom. The lowest BCUT2D eigenvalue weighted by Gasteiger charge is -2.14. The van der Waals surface area contributed by atoms with Gasteiger partial charge in [-0.15, -0.1) is 0 Å². The van der Waals surface area contributed by atoms with Crippen molar-refractivity contribution in [3.63, 3.8) is 0 Å². The number of rotatable bonds is 6. The first kappa shape index (κ1) is 14.2. The second-order valence-corrected chi connectivity index (χ2v) is 3.82. The molecule has 0 atom stereocenters. The van der Waals surface area contributed by atoms with Crippen molar-refractivity contribution in [2.75, 3.05) is 20.2 Å². The van der Waals surface area contributed by atoms with Crippen molar-refractivity contribution >= 4 is 11.8 Å². The summed E-state index contributed by atoms with van der Waals surface area (Å²) in [6, 6.07) is 0. The minimum atomic E-state index is -0.339. The summed E-state index contributed by atoms with van der Waals surface area (Å²) in [6.45, 7) is 3.62. The highest BCUT2D eigenvalue weighted by Crippen LogP contribution is 2.08. The Labute approximate surface area is 108 Å². The minimum absolute atomic E-state index is 0.339. The van der Waals surface area contributed by atoms with Gasteiger partial charge in [0.15, 0.2) is 0 Å². The minimum Gasteiger partial charge on any atom is -0.466 e. The third-order valence-corrected chi connectivity index (χ3v) is 2.53. The van der Waals surface area contributed by atoms with E-state index >= 15 is 0 Å². The van der Waals surface area contributed by atoms with Gasteiger partial charge >= 0.3 is 5.97 Å². The monoisotopic (exact) mass is 248 g/mol. The van der Waals surface area contributed by atoms with Gasteiger partial charge in [-0.25, -0.2) is 4.79 Å². The normalized spacial score (nSPS) is 16.1. The number of carbonyl (C=O) groups excluding carboxylic acids is 1. The van der Waals surface area contributed by atoms with Crippen LogP contribution in [-0.4, -0.2) is 36.9 Å². The van der Waals surface area contributed by atoms with Gasteiger partial charge in [0, 0.05) is 25.2 Å². The predicted octanol–water partition coefficient (Wildman–Crippen LogP) is 2.30. The van der Waals surface area contributed by atoms with Gasteiger partial charge in [0.05, 0.1) is 13.7 Å². The van der Waals surface area contributed by atoms with Crippen molar-refractivity contribution in [2.45, 2.75) is 19.8 Å². The number of ether oxygens (including phenoxy) is 1. The summed E-state index contributed by atoms with van der Waals surface area (Å²) in [6.07, 6.45) is 13.2.